The molecule has 2 aliphatic heterocycles. The molecule has 0 amide bonds. The quantitative estimate of drug-likeness (QED) is 0.767. The van der Waals surface area contributed by atoms with E-state index in [0.29, 0.717) is 0 Å². The molecule has 0 N–H and O–H groups in total. The Morgan fingerprint density at radius 1 is 0.960 bits per heavy atom. The van der Waals surface area contributed by atoms with E-state index >= 15 is 0 Å². The van der Waals surface area contributed by atoms with E-state index in [9.17, 15) is 0 Å². The fraction of sp³-hybridized carbons (Fsp3) is 0.900. The van der Waals surface area contributed by atoms with Gasteiger partial charge in [-0.05, 0) is 64.7 Å². The van der Waals surface area contributed by atoms with Gasteiger partial charge in [-0.3, -0.25) is 4.90 Å². The average Bonchev–Trinajstić information content (AvgIpc) is 2.63. The summed E-state index contributed by atoms with van der Waals surface area (Å²) in [5.41, 5.74) is 1.39. The Bertz CT molecular complexity index is 468. The predicted octanol–water partition coefficient (Wildman–Crippen LogP) is 2.93. The molecule has 0 unspecified atom stereocenters. The van der Waals surface area contributed by atoms with Gasteiger partial charge in [0.1, 0.15) is 5.84 Å². The first-order valence-corrected chi connectivity index (χ1v) is 10.4. The van der Waals surface area contributed by atoms with Crippen molar-refractivity contribution in [3.8, 4) is 0 Å². The number of amidine groups is 1. The Morgan fingerprint density at radius 3 is 2.28 bits per heavy atom. The normalized spacial score (nSPS) is 28.9. The van der Waals surface area contributed by atoms with E-state index < -0.39 is 0 Å². The van der Waals surface area contributed by atoms with Gasteiger partial charge in [0, 0.05) is 38.3 Å². The number of hydrogen-bond donors (Lipinski definition) is 0. The van der Waals surface area contributed by atoms with Crippen molar-refractivity contribution in [3.63, 3.8) is 0 Å². The highest BCUT2D eigenvalue weighted by Crippen LogP contribution is 2.31. The fourth-order valence-corrected chi connectivity index (χ4v) is 4.40. The van der Waals surface area contributed by atoms with Gasteiger partial charge in [0.05, 0.1) is 0 Å². The SMILES string of the molecule is CC1CCC(C2=NN=C(N3CCN(CCCN(C)C)CC3)CC2)CC1. The first kappa shape index (κ1) is 18.8. The van der Waals surface area contributed by atoms with Gasteiger partial charge < -0.3 is 9.80 Å². The van der Waals surface area contributed by atoms with Crippen LogP contribution in [0, 0.1) is 11.8 Å². The molecule has 0 aromatic rings. The highest BCUT2D eigenvalue weighted by atomic mass is 15.3. The van der Waals surface area contributed by atoms with Crippen LogP contribution in [0.15, 0.2) is 10.2 Å². The third kappa shape index (κ3) is 5.52. The molecule has 1 saturated heterocycles. The molecule has 0 bridgehead atoms. The molecule has 0 atom stereocenters. The van der Waals surface area contributed by atoms with Crippen molar-refractivity contribution in [1.29, 1.82) is 0 Å². The Kier molecular flexibility index (Phi) is 6.88. The zero-order chi connectivity index (χ0) is 17.6. The molecule has 5 heteroatoms. The van der Waals surface area contributed by atoms with Gasteiger partial charge in [0.2, 0.25) is 0 Å². The van der Waals surface area contributed by atoms with Crippen LogP contribution in [0.2, 0.25) is 0 Å². The van der Waals surface area contributed by atoms with E-state index in [4.69, 9.17) is 0 Å². The maximum absolute atomic E-state index is 4.67. The minimum Gasteiger partial charge on any atom is -0.356 e. The molecule has 0 radical (unpaired) electrons. The summed E-state index contributed by atoms with van der Waals surface area (Å²) in [6.07, 6.45) is 8.91. The Morgan fingerprint density at radius 2 is 1.68 bits per heavy atom. The van der Waals surface area contributed by atoms with E-state index in [1.165, 1.54) is 69.8 Å². The molecule has 25 heavy (non-hydrogen) atoms. The van der Waals surface area contributed by atoms with Gasteiger partial charge in [-0.2, -0.15) is 5.10 Å². The lowest BCUT2D eigenvalue weighted by Gasteiger charge is -2.37. The molecular weight excluding hydrogens is 310 g/mol. The zero-order valence-electron chi connectivity index (χ0n) is 16.6. The summed E-state index contributed by atoms with van der Waals surface area (Å²) in [4.78, 5) is 7.35. The van der Waals surface area contributed by atoms with Crippen LogP contribution >= 0.6 is 0 Å². The van der Waals surface area contributed by atoms with Crippen molar-refractivity contribution < 1.29 is 0 Å². The average molecular weight is 348 g/mol. The Hall–Kier alpha value is -0.940. The van der Waals surface area contributed by atoms with Gasteiger partial charge in [-0.25, -0.2) is 0 Å². The molecule has 5 nitrogen and oxygen atoms in total. The molecule has 3 aliphatic rings. The maximum atomic E-state index is 4.67. The Labute approximate surface area is 154 Å². The second-order valence-corrected chi connectivity index (χ2v) is 8.55. The van der Waals surface area contributed by atoms with E-state index in [2.05, 4.69) is 45.9 Å². The van der Waals surface area contributed by atoms with Crippen molar-refractivity contribution in [2.45, 2.75) is 51.9 Å². The largest absolute Gasteiger partial charge is 0.356 e. The lowest BCUT2D eigenvalue weighted by atomic mass is 9.79. The summed E-state index contributed by atoms with van der Waals surface area (Å²) < 4.78 is 0. The van der Waals surface area contributed by atoms with E-state index in [1.807, 2.05) is 0 Å². The number of rotatable bonds is 5. The van der Waals surface area contributed by atoms with E-state index in [1.54, 1.807) is 0 Å². The van der Waals surface area contributed by atoms with E-state index in [0.717, 1.165) is 37.8 Å². The summed E-state index contributed by atoms with van der Waals surface area (Å²) in [5.74, 6) is 2.87. The van der Waals surface area contributed by atoms with Crippen molar-refractivity contribution in [2.24, 2.45) is 22.0 Å². The van der Waals surface area contributed by atoms with Crippen LogP contribution in [0.1, 0.15) is 51.9 Å². The van der Waals surface area contributed by atoms with Crippen LogP contribution < -0.4 is 0 Å². The minimum atomic E-state index is 0.718. The van der Waals surface area contributed by atoms with Crippen LogP contribution in [-0.2, 0) is 0 Å². The number of nitrogens with zero attached hydrogens (tertiary/aromatic N) is 5. The molecule has 1 aliphatic carbocycles. The standard InChI is InChI=1S/C20H37N5/c1-17-5-7-18(8-6-17)19-9-10-20(22-21-19)25-15-13-24(14-16-25)12-4-11-23(2)3/h17-18H,4-16H2,1-3H3. The van der Waals surface area contributed by atoms with Crippen molar-refractivity contribution in [2.75, 3.05) is 53.4 Å². The van der Waals surface area contributed by atoms with Gasteiger partial charge in [-0.1, -0.05) is 19.8 Å². The minimum absolute atomic E-state index is 0.718. The van der Waals surface area contributed by atoms with Crippen molar-refractivity contribution >= 4 is 11.5 Å². The number of hydrogen-bond acceptors (Lipinski definition) is 5. The van der Waals surface area contributed by atoms with Crippen LogP contribution in [0.5, 0.6) is 0 Å². The molecule has 0 aromatic carbocycles. The van der Waals surface area contributed by atoms with Crippen LogP contribution in [0.25, 0.3) is 0 Å². The highest BCUT2D eigenvalue weighted by molar-refractivity contribution is 5.95. The zero-order valence-corrected chi connectivity index (χ0v) is 16.6. The van der Waals surface area contributed by atoms with Gasteiger partial charge in [-0.15, -0.1) is 5.10 Å². The summed E-state index contributed by atoms with van der Waals surface area (Å²) in [5, 5.41) is 9.31. The third-order valence-electron chi connectivity index (χ3n) is 6.20. The second kappa shape index (κ2) is 9.13. The maximum Gasteiger partial charge on any atom is 0.128 e. The predicted molar refractivity (Wildman–Crippen MR) is 106 cm³/mol. The molecule has 142 valence electrons. The molecule has 3 rings (SSSR count). The summed E-state index contributed by atoms with van der Waals surface area (Å²) >= 11 is 0. The molecule has 2 fully saturated rings. The third-order valence-corrected chi connectivity index (χ3v) is 6.20. The lowest BCUT2D eigenvalue weighted by molar-refractivity contribution is 0.174. The monoisotopic (exact) mass is 347 g/mol. The van der Waals surface area contributed by atoms with Gasteiger partial charge in [0.25, 0.3) is 0 Å². The second-order valence-electron chi connectivity index (χ2n) is 8.55. The summed E-state index contributed by atoms with van der Waals surface area (Å²) in [7, 11) is 4.31. The molecule has 1 saturated carbocycles. The van der Waals surface area contributed by atoms with E-state index in [-0.39, 0.29) is 0 Å². The topological polar surface area (TPSA) is 34.4 Å². The molecular formula is C20H37N5. The molecule has 2 heterocycles. The smallest absolute Gasteiger partial charge is 0.128 e. The highest BCUT2D eigenvalue weighted by Gasteiger charge is 2.26. The van der Waals surface area contributed by atoms with Crippen LogP contribution in [0.4, 0.5) is 0 Å². The fourth-order valence-electron chi connectivity index (χ4n) is 4.40. The van der Waals surface area contributed by atoms with Crippen LogP contribution in [-0.4, -0.2) is 79.6 Å². The number of piperazine rings is 1. The van der Waals surface area contributed by atoms with Crippen molar-refractivity contribution in [3.05, 3.63) is 0 Å². The first-order chi connectivity index (χ1) is 12.1. The lowest BCUT2D eigenvalue weighted by Crippen LogP contribution is -2.49. The summed E-state index contributed by atoms with van der Waals surface area (Å²) in [6, 6.07) is 0. The first-order valence-electron chi connectivity index (χ1n) is 10.4. The molecule has 0 aromatic heterocycles. The Balaban J connectivity index is 1.43. The van der Waals surface area contributed by atoms with Gasteiger partial charge >= 0.3 is 0 Å². The van der Waals surface area contributed by atoms with Crippen molar-refractivity contribution in [1.82, 2.24) is 14.7 Å². The van der Waals surface area contributed by atoms with Gasteiger partial charge in [0.15, 0.2) is 0 Å². The molecule has 0 spiro atoms. The van der Waals surface area contributed by atoms with Crippen LogP contribution in [0.3, 0.4) is 0 Å². The summed E-state index contributed by atoms with van der Waals surface area (Å²) in [6.45, 7) is 9.37.